The Bertz CT molecular complexity index is 1060. The van der Waals surface area contributed by atoms with E-state index in [-0.39, 0.29) is 18.5 Å². The minimum absolute atomic E-state index is 0.0107. The monoisotopic (exact) mass is 1000 g/mol. The van der Waals surface area contributed by atoms with Crippen molar-refractivity contribution in [3.63, 3.8) is 0 Å². The van der Waals surface area contributed by atoms with Gasteiger partial charge < -0.3 is 20.3 Å². The average Bonchev–Trinajstić information content (AvgIpc) is 3.37. The van der Waals surface area contributed by atoms with Crippen molar-refractivity contribution in [3.05, 3.63) is 12.2 Å². The third-order valence-corrected chi connectivity index (χ3v) is 15.3. The molecule has 0 saturated carbocycles. The molecule has 0 bridgehead atoms. The van der Waals surface area contributed by atoms with Gasteiger partial charge in [-0.25, -0.2) is 0 Å². The molecule has 0 heterocycles. The average molecular weight is 1000 g/mol. The first-order chi connectivity index (χ1) is 35.0. The molecule has 0 aliphatic carbocycles. The Balaban J connectivity index is 3.31. The highest BCUT2D eigenvalue weighted by molar-refractivity contribution is 5.76. The molecular formula is C65H127NO5. The normalized spacial score (nSPS) is 12.6. The second-order valence-corrected chi connectivity index (χ2v) is 22.5. The number of aliphatic hydroxyl groups excluding tert-OH is 2. The van der Waals surface area contributed by atoms with Gasteiger partial charge in [0.1, 0.15) is 0 Å². The highest BCUT2D eigenvalue weighted by Gasteiger charge is 2.20. The van der Waals surface area contributed by atoms with E-state index in [2.05, 4.69) is 31.3 Å². The number of esters is 1. The van der Waals surface area contributed by atoms with E-state index >= 15 is 0 Å². The van der Waals surface area contributed by atoms with Crippen LogP contribution in [0.15, 0.2) is 12.2 Å². The van der Waals surface area contributed by atoms with Crippen LogP contribution < -0.4 is 5.32 Å². The fourth-order valence-corrected chi connectivity index (χ4v) is 10.3. The summed E-state index contributed by atoms with van der Waals surface area (Å²) in [6.07, 6.45) is 73.9. The molecule has 71 heavy (non-hydrogen) atoms. The van der Waals surface area contributed by atoms with Crippen molar-refractivity contribution in [3.8, 4) is 0 Å². The Hall–Kier alpha value is -1.40. The second kappa shape index (κ2) is 61.1. The molecular weight excluding hydrogens is 875 g/mol. The summed E-state index contributed by atoms with van der Waals surface area (Å²) >= 11 is 0. The van der Waals surface area contributed by atoms with Crippen LogP contribution in [0.3, 0.4) is 0 Å². The maximum atomic E-state index is 12.5. The highest BCUT2D eigenvalue weighted by atomic mass is 16.5. The number of carbonyl (C=O) groups excluding carboxylic acids is 2. The summed E-state index contributed by atoms with van der Waals surface area (Å²) in [5.41, 5.74) is 0. The molecule has 6 nitrogen and oxygen atoms in total. The van der Waals surface area contributed by atoms with Crippen molar-refractivity contribution in [1.29, 1.82) is 0 Å². The van der Waals surface area contributed by atoms with Gasteiger partial charge in [-0.05, 0) is 51.4 Å². The van der Waals surface area contributed by atoms with E-state index in [1.807, 2.05) is 0 Å². The predicted molar refractivity (Wildman–Crippen MR) is 310 cm³/mol. The summed E-state index contributed by atoms with van der Waals surface area (Å²) in [7, 11) is 0. The minimum atomic E-state index is -0.660. The molecule has 0 rings (SSSR count). The number of amides is 1. The highest BCUT2D eigenvalue weighted by Crippen LogP contribution is 2.19. The zero-order valence-electron chi connectivity index (χ0n) is 48.2. The molecule has 0 aromatic rings. The van der Waals surface area contributed by atoms with Gasteiger partial charge in [-0.15, -0.1) is 0 Å². The van der Waals surface area contributed by atoms with E-state index in [1.54, 1.807) is 0 Å². The van der Waals surface area contributed by atoms with Crippen LogP contribution >= 0.6 is 0 Å². The number of hydrogen-bond donors (Lipinski definition) is 3. The zero-order chi connectivity index (χ0) is 51.4. The molecule has 0 spiro atoms. The largest absolute Gasteiger partial charge is 0.466 e. The van der Waals surface area contributed by atoms with E-state index in [1.165, 1.54) is 289 Å². The van der Waals surface area contributed by atoms with Crippen LogP contribution in [-0.2, 0) is 14.3 Å². The molecule has 0 aromatic heterocycles. The SMILES string of the molecule is CCCCCC/C=C\CCCCCCCC(=O)OCCCCCCCCCCCCCCCCCCCCCCCCCCCCCCCC(=O)NC(CO)C(O)CCCCCCCCCCCCCC. The summed E-state index contributed by atoms with van der Waals surface area (Å²) < 4.78 is 5.48. The summed E-state index contributed by atoms with van der Waals surface area (Å²) in [5.74, 6) is -0.0193. The van der Waals surface area contributed by atoms with Crippen molar-refractivity contribution in [1.82, 2.24) is 5.32 Å². The second-order valence-electron chi connectivity index (χ2n) is 22.5. The predicted octanol–water partition coefficient (Wildman–Crippen LogP) is 20.4. The number of hydrogen-bond acceptors (Lipinski definition) is 5. The zero-order valence-corrected chi connectivity index (χ0v) is 48.2. The number of unbranched alkanes of at least 4 members (excludes halogenated alkanes) is 48. The maximum Gasteiger partial charge on any atom is 0.305 e. The van der Waals surface area contributed by atoms with Gasteiger partial charge in [-0.2, -0.15) is 0 Å². The third-order valence-electron chi connectivity index (χ3n) is 15.3. The summed E-state index contributed by atoms with van der Waals surface area (Å²) in [4.78, 5) is 24.5. The van der Waals surface area contributed by atoms with Crippen molar-refractivity contribution in [2.24, 2.45) is 0 Å². The van der Waals surface area contributed by atoms with Crippen LogP contribution in [0.2, 0.25) is 0 Å². The quantitative estimate of drug-likeness (QED) is 0.0320. The Morgan fingerprint density at radius 2 is 0.662 bits per heavy atom. The van der Waals surface area contributed by atoms with E-state index in [0.717, 1.165) is 44.9 Å². The lowest BCUT2D eigenvalue weighted by atomic mass is 10.0. The standard InChI is InChI=1S/C65H127NO5/c1-3-5-7-9-11-13-15-34-39-43-47-51-55-59-65(70)71-60-56-52-48-44-40-36-33-31-29-27-25-23-21-19-17-18-20-22-24-26-28-30-32-35-38-42-46-50-54-58-64(69)66-62(61-67)63(68)57-53-49-45-41-37-16-14-12-10-8-6-4-2/h13,15,62-63,67-68H,3-12,14,16-61H2,1-2H3,(H,66,69)/b15-13-. The first-order valence-corrected chi connectivity index (χ1v) is 32.4. The summed E-state index contributed by atoms with van der Waals surface area (Å²) in [6.45, 7) is 4.96. The number of rotatable bonds is 61. The lowest BCUT2D eigenvalue weighted by Gasteiger charge is -2.22. The van der Waals surface area contributed by atoms with Gasteiger partial charge >= 0.3 is 5.97 Å². The molecule has 0 radical (unpaired) electrons. The molecule has 0 fully saturated rings. The Morgan fingerprint density at radius 3 is 1.01 bits per heavy atom. The van der Waals surface area contributed by atoms with E-state index in [4.69, 9.17) is 4.74 Å². The van der Waals surface area contributed by atoms with Crippen molar-refractivity contribution < 1.29 is 24.5 Å². The van der Waals surface area contributed by atoms with Crippen LogP contribution in [0.1, 0.15) is 367 Å². The number of allylic oxidation sites excluding steroid dienone is 2. The molecule has 422 valence electrons. The number of carbonyl (C=O) groups is 2. The van der Waals surface area contributed by atoms with Gasteiger partial charge in [0.05, 0.1) is 25.4 Å². The minimum Gasteiger partial charge on any atom is -0.466 e. The van der Waals surface area contributed by atoms with E-state index in [9.17, 15) is 19.8 Å². The van der Waals surface area contributed by atoms with Crippen molar-refractivity contribution >= 4 is 11.9 Å². The van der Waals surface area contributed by atoms with Gasteiger partial charge in [-0.3, -0.25) is 9.59 Å². The molecule has 0 aromatic carbocycles. The molecule has 0 aliphatic heterocycles. The molecule has 2 atom stereocenters. The van der Waals surface area contributed by atoms with Crippen molar-refractivity contribution in [2.75, 3.05) is 13.2 Å². The maximum absolute atomic E-state index is 12.5. The van der Waals surface area contributed by atoms with Gasteiger partial charge in [0.15, 0.2) is 0 Å². The fourth-order valence-electron chi connectivity index (χ4n) is 10.3. The van der Waals surface area contributed by atoms with Gasteiger partial charge in [0.25, 0.3) is 0 Å². The number of nitrogens with one attached hydrogen (secondary N) is 1. The van der Waals surface area contributed by atoms with Gasteiger partial charge in [0, 0.05) is 12.8 Å². The first kappa shape index (κ1) is 69.6. The Kier molecular flexibility index (Phi) is 59.9. The molecule has 0 aliphatic rings. The Morgan fingerprint density at radius 1 is 0.380 bits per heavy atom. The summed E-state index contributed by atoms with van der Waals surface area (Å²) in [6, 6.07) is -0.537. The van der Waals surface area contributed by atoms with Crippen LogP contribution in [0.5, 0.6) is 0 Å². The van der Waals surface area contributed by atoms with Crippen LogP contribution in [0.25, 0.3) is 0 Å². The molecule has 6 heteroatoms. The van der Waals surface area contributed by atoms with E-state index in [0.29, 0.717) is 25.9 Å². The molecule has 3 N–H and O–H groups in total. The van der Waals surface area contributed by atoms with Crippen LogP contribution in [0.4, 0.5) is 0 Å². The van der Waals surface area contributed by atoms with Crippen molar-refractivity contribution in [2.45, 2.75) is 379 Å². The number of ether oxygens (including phenoxy) is 1. The lowest BCUT2D eigenvalue weighted by molar-refractivity contribution is -0.143. The Labute approximate surface area is 444 Å². The number of aliphatic hydroxyl groups is 2. The molecule has 2 unspecified atom stereocenters. The topological polar surface area (TPSA) is 95.9 Å². The summed E-state index contributed by atoms with van der Waals surface area (Å²) in [5, 5.41) is 23.2. The van der Waals surface area contributed by atoms with E-state index < -0.39 is 12.1 Å². The lowest BCUT2D eigenvalue weighted by Crippen LogP contribution is -2.45. The molecule has 1 amide bonds. The smallest absolute Gasteiger partial charge is 0.305 e. The van der Waals surface area contributed by atoms with Crippen LogP contribution in [0, 0.1) is 0 Å². The van der Waals surface area contributed by atoms with Gasteiger partial charge in [0.2, 0.25) is 5.91 Å². The third kappa shape index (κ3) is 57.7. The van der Waals surface area contributed by atoms with Gasteiger partial charge in [-0.1, -0.05) is 315 Å². The first-order valence-electron chi connectivity index (χ1n) is 32.4. The van der Waals surface area contributed by atoms with Crippen LogP contribution in [-0.4, -0.2) is 47.4 Å². The molecule has 0 saturated heterocycles. The fraction of sp³-hybridized carbons (Fsp3) is 0.938.